The number of hydrogen-bond donors (Lipinski definition) is 1. The molecule has 4 heteroatoms. The molecule has 1 aliphatic heterocycles. The second-order valence-electron chi connectivity index (χ2n) is 4.45. The highest BCUT2D eigenvalue weighted by Gasteiger charge is 2.30. The van der Waals surface area contributed by atoms with E-state index in [-0.39, 0.29) is 5.92 Å². The van der Waals surface area contributed by atoms with Gasteiger partial charge in [-0.15, -0.1) is 0 Å². The summed E-state index contributed by atoms with van der Waals surface area (Å²) in [5.74, 6) is 0.0954. The third kappa shape index (κ3) is 2.44. The monoisotopic (exact) mass is 223 g/mol. The molecule has 4 nitrogen and oxygen atoms in total. The minimum absolute atomic E-state index is 0.195. The molecule has 1 aromatic rings. The Labute approximate surface area is 94.9 Å². The highest BCUT2D eigenvalue weighted by Crippen LogP contribution is 2.20. The Bertz CT molecular complexity index is 347. The number of rotatable bonds is 4. The number of carboxylic acids is 1. The van der Waals surface area contributed by atoms with Gasteiger partial charge >= 0.3 is 5.97 Å². The Morgan fingerprint density at radius 1 is 1.75 bits per heavy atom. The summed E-state index contributed by atoms with van der Waals surface area (Å²) >= 11 is 0. The van der Waals surface area contributed by atoms with Gasteiger partial charge in [0.2, 0.25) is 0 Å². The molecule has 1 aromatic heterocycles. The Balaban J connectivity index is 1.87. The van der Waals surface area contributed by atoms with Crippen molar-refractivity contribution in [3.8, 4) is 0 Å². The summed E-state index contributed by atoms with van der Waals surface area (Å²) in [6.07, 6.45) is 3.28. The summed E-state index contributed by atoms with van der Waals surface area (Å²) < 4.78 is 5.30. The number of carbonyl (C=O) groups is 1. The molecule has 88 valence electrons. The van der Waals surface area contributed by atoms with Crippen molar-refractivity contribution < 1.29 is 14.3 Å². The van der Waals surface area contributed by atoms with Crippen LogP contribution in [-0.4, -0.2) is 35.1 Å². The normalized spacial score (nSPS) is 23.4. The third-order valence-electron chi connectivity index (χ3n) is 3.27. The van der Waals surface area contributed by atoms with E-state index in [9.17, 15) is 4.79 Å². The zero-order valence-electron chi connectivity index (χ0n) is 9.43. The zero-order valence-corrected chi connectivity index (χ0v) is 9.43. The van der Waals surface area contributed by atoms with E-state index in [1.807, 2.05) is 12.1 Å². The maximum absolute atomic E-state index is 10.8. The molecule has 0 spiro atoms. The molecule has 2 heterocycles. The molecule has 0 radical (unpaired) electrons. The SMILES string of the molecule is CC(Cc1ccco1)N1CCC(C(=O)O)C1. The summed E-state index contributed by atoms with van der Waals surface area (Å²) in [6, 6.07) is 4.18. The van der Waals surface area contributed by atoms with Gasteiger partial charge in [-0.2, -0.15) is 0 Å². The molecule has 0 aliphatic carbocycles. The Kier molecular flexibility index (Phi) is 3.29. The Hall–Kier alpha value is -1.29. The van der Waals surface area contributed by atoms with Gasteiger partial charge in [0.15, 0.2) is 0 Å². The predicted octanol–water partition coefficient (Wildman–Crippen LogP) is 1.62. The summed E-state index contributed by atoms with van der Waals surface area (Å²) in [6.45, 7) is 3.66. The van der Waals surface area contributed by atoms with Crippen molar-refractivity contribution in [2.75, 3.05) is 13.1 Å². The van der Waals surface area contributed by atoms with Crippen molar-refractivity contribution in [2.24, 2.45) is 5.92 Å². The van der Waals surface area contributed by atoms with Crippen LogP contribution in [0, 0.1) is 5.92 Å². The fourth-order valence-corrected chi connectivity index (χ4v) is 2.24. The second-order valence-corrected chi connectivity index (χ2v) is 4.45. The van der Waals surface area contributed by atoms with Gasteiger partial charge in [-0.05, 0) is 32.0 Å². The van der Waals surface area contributed by atoms with E-state index in [0.717, 1.165) is 25.1 Å². The molecule has 0 amide bonds. The van der Waals surface area contributed by atoms with Gasteiger partial charge in [0, 0.05) is 19.0 Å². The fraction of sp³-hybridized carbons (Fsp3) is 0.583. The fourth-order valence-electron chi connectivity index (χ4n) is 2.24. The average molecular weight is 223 g/mol. The van der Waals surface area contributed by atoms with Crippen LogP contribution in [-0.2, 0) is 11.2 Å². The first-order valence-corrected chi connectivity index (χ1v) is 5.66. The van der Waals surface area contributed by atoms with Crippen LogP contribution in [0.3, 0.4) is 0 Å². The van der Waals surface area contributed by atoms with Crippen molar-refractivity contribution in [2.45, 2.75) is 25.8 Å². The first-order valence-electron chi connectivity index (χ1n) is 5.66. The van der Waals surface area contributed by atoms with E-state index in [2.05, 4.69) is 11.8 Å². The van der Waals surface area contributed by atoms with Gasteiger partial charge in [-0.1, -0.05) is 0 Å². The molecule has 1 aliphatic rings. The summed E-state index contributed by atoms with van der Waals surface area (Å²) in [7, 11) is 0. The van der Waals surface area contributed by atoms with E-state index >= 15 is 0 Å². The molecule has 1 N–H and O–H groups in total. The van der Waals surface area contributed by atoms with E-state index < -0.39 is 5.97 Å². The molecule has 0 aromatic carbocycles. The lowest BCUT2D eigenvalue weighted by Gasteiger charge is -2.23. The third-order valence-corrected chi connectivity index (χ3v) is 3.27. The van der Waals surface area contributed by atoms with Crippen molar-refractivity contribution in [1.82, 2.24) is 4.90 Å². The predicted molar refractivity (Wildman–Crippen MR) is 59.2 cm³/mol. The van der Waals surface area contributed by atoms with Gasteiger partial charge in [-0.3, -0.25) is 9.69 Å². The van der Waals surface area contributed by atoms with Crippen LogP contribution in [0.25, 0.3) is 0 Å². The van der Waals surface area contributed by atoms with Crippen LogP contribution in [0.4, 0.5) is 0 Å². The minimum atomic E-state index is -0.673. The molecule has 1 saturated heterocycles. The lowest BCUT2D eigenvalue weighted by atomic mass is 10.1. The minimum Gasteiger partial charge on any atom is -0.481 e. The molecule has 0 bridgehead atoms. The van der Waals surface area contributed by atoms with E-state index in [4.69, 9.17) is 9.52 Å². The van der Waals surface area contributed by atoms with Crippen LogP contribution >= 0.6 is 0 Å². The highest BCUT2D eigenvalue weighted by molar-refractivity contribution is 5.70. The molecule has 1 fully saturated rings. The van der Waals surface area contributed by atoms with Gasteiger partial charge in [-0.25, -0.2) is 0 Å². The van der Waals surface area contributed by atoms with Gasteiger partial charge < -0.3 is 9.52 Å². The molecule has 0 saturated carbocycles. The molecular formula is C12H17NO3. The number of carboxylic acid groups (broad SMARTS) is 1. The van der Waals surface area contributed by atoms with Gasteiger partial charge in [0.1, 0.15) is 5.76 Å². The molecule has 2 atom stereocenters. The first-order chi connectivity index (χ1) is 7.66. The number of furan rings is 1. The topological polar surface area (TPSA) is 53.7 Å². The highest BCUT2D eigenvalue weighted by atomic mass is 16.4. The number of hydrogen-bond acceptors (Lipinski definition) is 3. The lowest BCUT2D eigenvalue weighted by Crippen LogP contribution is -2.33. The zero-order chi connectivity index (χ0) is 11.5. The van der Waals surface area contributed by atoms with Crippen LogP contribution in [0.2, 0.25) is 0 Å². The molecule has 2 unspecified atom stereocenters. The van der Waals surface area contributed by atoms with Crippen LogP contribution in [0.5, 0.6) is 0 Å². The second kappa shape index (κ2) is 4.70. The molecule has 16 heavy (non-hydrogen) atoms. The number of aliphatic carboxylic acids is 1. The van der Waals surface area contributed by atoms with E-state index in [0.29, 0.717) is 12.6 Å². The number of likely N-dealkylation sites (tertiary alicyclic amines) is 1. The summed E-state index contributed by atoms with van der Waals surface area (Å²) in [5.41, 5.74) is 0. The quantitative estimate of drug-likeness (QED) is 0.842. The smallest absolute Gasteiger partial charge is 0.307 e. The van der Waals surface area contributed by atoms with Crippen LogP contribution in [0.1, 0.15) is 19.1 Å². The lowest BCUT2D eigenvalue weighted by molar-refractivity contribution is -0.141. The summed E-state index contributed by atoms with van der Waals surface area (Å²) in [5, 5.41) is 8.92. The van der Waals surface area contributed by atoms with Crippen molar-refractivity contribution >= 4 is 5.97 Å². The molecular weight excluding hydrogens is 206 g/mol. The van der Waals surface area contributed by atoms with E-state index in [1.54, 1.807) is 6.26 Å². The van der Waals surface area contributed by atoms with Gasteiger partial charge in [0.25, 0.3) is 0 Å². The standard InChI is InChI=1S/C12H17NO3/c1-9(7-11-3-2-6-16-11)13-5-4-10(8-13)12(14)15/h2-3,6,9-10H,4-5,7-8H2,1H3,(H,14,15). The van der Waals surface area contributed by atoms with Crippen LogP contribution in [0.15, 0.2) is 22.8 Å². The van der Waals surface area contributed by atoms with Crippen molar-refractivity contribution in [1.29, 1.82) is 0 Å². The first kappa shape index (κ1) is 11.2. The largest absolute Gasteiger partial charge is 0.481 e. The molecule has 2 rings (SSSR count). The Morgan fingerprint density at radius 3 is 3.12 bits per heavy atom. The number of nitrogens with zero attached hydrogens (tertiary/aromatic N) is 1. The van der Waals surface area contributed by atoms with Crippen LogP contribution < -0.4 is 0 Å². The van der Waals surface area contributed by atoms with Crippen molar-refractivity contribution in [3.63, 3.8) is 0 Å². The maximum atomic E-state index is 10.8. The van der Waals surface area contributed by atoms with Gasteiger partial charge in [0.05, 0.1) is 12.2 Å². The maximum Gasteiger partial charge on any atom is 0.307 e. The van der Waals surface area contributed by atoms with Crippen molar-refractivity contribution in [3.05, 3.63) is 24.2 Å². The summed E-state index contributed by atoms with van der Waals surface area (Å²) in [4.78, 5) is 13.1. The Morgan fingerprint density at radius 2 is 2.56 bits per heavy atom. The van der Waals surface area contributed by atoms with E-state index in [1.165, 1.54) is 0 Å². The average Bonchev–Trinajstić information content (AvgIpc) is 2.86.